The summed E-state index contributed by atoms with van der Waals surface area (Å²) in [5, 5.41) is 39.7. The van der Waals surface area contributed by atoms with E-state index in [0.717, 1.165) is 10.9 Å². The summed E-state index contributed by atoms with van der Waals surface area (Å²) in [6.07, 6.45) is -0.184. The molecule has 0 saturated heterocycles. The number of aliphatic hydroxyl groups excluding tert-OH is 2. The molecule has 0 aliphatic heterocycles. The molecule has 1 aromatic heterocycles. The van der Waals surface area contributed by atoms with Gasteiger partial charge in [0, 0.05) is 35.2 Å². The van der Waals surface area contributed by atoms with Crippen molar-refractivity contribution in [1.29, 1.82) is 0 Å². The number of nitrogens with one attached hydrogen (secondary N) is 1. The number of carboxylic acid groups (broad SMARTS) is 2. The fourth-order valence-electron chi connectivity index (χ4n) is 2.24. The van der Waals surface area contributed by atoms with E-state index >= 15 is 0 Å². The fraction of sp³-hybridized carbons (Fsp3) is 0.400. The summed E-state index contributed by atoms with van der Waals surface area (Å²) >= 11 is 0. The van der Waals surface area contributed by atoms with Crippen molar-refractivity contribution in [2.75, 3.05) is 6.54 Å². The van der Waals surface area contributed by atoms with E-state index in [2.05, 4.69) is 5.32 Å². The molecule has 2 aromatic rings. The predicted octanol–water partition coefficient (Wildman–Crippen LogP) is 2.62. The minimum Gasteiger partial charge on any atom is -0.478 e. The van der Waals surface area contributed by atoms with Gasteiger partial charge in [-0.1, -0.05) is 18.2 Å². The Balaban J connectivity index is 0.000000416. The zero-order valence-electron chi connectivity index (χ0n) is 16.3. The lowest BCUT2D eigenvalue weighted by molar-refractivity contribution is -0.134. The van der Waals surface area contributed by atoms with Crippen LogP contribution >= 0.6 is 0 Å². The molecule has 0 aliphatic carbocycles. The van der Waals surface area contributed by atoms with Crippen molar-refractivity contribution in [3.8, 4) is 0 Å². The van der Waals surface area contributed by atoms with Gasteiger partial charge in [0.25, 0.3) is 0 Å². The van der Waals surface area contributed by atoms with Gasteiger partial charge in [-0.2, -0.15) is 0 Å². The summed E-state index contributed by atoms with van der Waals surface area (Å²) in [5.41, 5.74) is 1.33. The number of carboxylic acids is 2. The lowest BCUT2D eigenvalue weighted by Gasteiger charge is -2.22. The van der Waals surface area contributed by atoms with Crippen LogP contribution in [-0.2, 0) is 9.59 Å². The van der Waals surface area contributed by atoms with Crippen LogP contribution in [0.25, 0.3) is 11.0 Å². The molecule has 8 heteroatoms. The molecule has 0 aliphatic rings. The third-order valence-corrected chi connectivity index (χ3v) is 3.57. The van der Waals surface area contributed by atoms with E-state index < -0.39 is 24.1 Å². The first-order valence-electron chi connectivity index (χ1n) is 8.68. The highest BCUT2D eigenvalue weighted by Gasteiger charge is 2.18. The highest BCUT2D eigenvalue weighted by Crippen LogP contribution is 2.29. The van der Waals surface area contributed by atoms with Crippen LogP contribution in [0, 0.1) is 0 Å². The smallest absolute Gasteiger partial charge is 0.328 e. The van der Waals surface area contributed by atoms with Gasteiger partial charge in [0.15, 0.2) is 0 Å². The molecule has 0 fully saturated rings. The average Bonchev–Trinajstić information content (AvgIpc) is 3.01. The molecule has 28 heavy (non-hydrogen) atoms. The predicted molar refractivity (Wildman–Crippen MR) is 104 cm³/mol. The van der Waals surface area contributed by atoms with Gasteiger partial charge >= 0.3 is 11.9 Å². The van der Waals surface area contributed by atoms with Crippen LogP contribution in [0.15, 0.2) is 40.8 Å². The quantitative estimate of drug-likeness (QED) is 0.472. The minimum absolute atomic E-state index is 0.0578. The lowest BCUT2D eigenvalue weighted by atomic mass is 10.1. The Labute approximate surface area is 163 Å². The Hall–Kier alpha value is -2.68. The van der Waals surface area contributed by atoms with Crippen molar-refractivity contribution in [2.45, 2.75) is 45.4 Å². The molecule has 1 aromatic carbocycles. The van der Waals surface area contributed by atoms with E-state index in [1.54, 1.807) is 6.92 Å². The molecule has 1 unspecified atom stereocenters. The van der Waals surface area contributed by atoms with Crippen molar-refractivity contribution in [3.05, 3.63) is 47.7 Å². The Kier molecular flexibility index (Phi) is 8.36. The number of β-amino-alcohol motifs (C(OH)–C–C–N with tert-alkyl or cyclic N) is 1. The first-order chi connectivity index (χ1) is 12.9. The molecule has 154 valence electrons. The van der Waals surface area contributed by atoms with Gasteiger partial charge in [-0.05, 0) is 33.8 Å². The van der Waals surface area contributed by atoms with Crippen LogP contribution in [-0.4, -0.2) is 44.4 Å². The monoisotopic (exact) mass is 393 g/mol. The standard InChI is InChI=1S/C16H23NO3.C4H4O4/c1-10(18)12-7-5-6-11-8-14(20-15(11)12)13(19)9-17-16(2,3)4;5-3(6)1-2-4(7)8/h5-8,10,13,17-19H,9H2,1-4H3;1-2H,(H,5,6)(H,7,8)/b;2-1-/t10?,13-;/m1./s1. The number of para-hydroxylation sites is 1. The van der Waals surface area contributed by atoms with Gasteiger partial charge in [-0.25, -0.2) is 9.59 Å². The molecule has 0 radical (unpaired) electrons. The summed E-state index contributed by atoms with van der Waals surface area (Å²) in [6.45, 7) is 8.26. The van der Waals surface area contributed by atoms with Crippen LogP contribution < -0.4 is 5.32 Å². The molecular formula is C20H27NO7. The average molecular weight is 393 g/mol. The van der Waals surface area contributed by atoms with Gasteiger partial charge in [-0.15, -0.1) is 0 Å². The minimum atomic E-state index is -1.26. The van der Waals surface area contributed by atoms with Gasteiger partial charge in [0.1, 0.15) is 17.4 Å². The highest BCUT2D eigenvalue weighted by molar-refractivity contribution is 5.89. The fourth-order valence-corrected chi connectivity index (χ4v) is 2.24. The Morgan fingerprint density at radius 1 is 1.14 bits per heavy atom. The molecule has 2 atom stereocenters. The molecule has 5 N–H and O–H groups in total. The summed E-state index contributed by atoms with van der Waals surface area (Å²) in [5.74, 6) is -2.00. The zero-order valence-corrected chi connectivity index (χ0v) is 16.3. The van der Waals surface area contributed by atoms with Crippen molar-refractivity contribution in [3.63, 3.8) is 0 Å². The molecule has 0 amide bonds. The Bertz CT molecular complexity index is 815. The zero-order chi connectivity index (χ0) is 21.5. The number of aliphatic carboxylic acids is 2. The molecule has 0 bridgehead atoms. The molecule has 0 saturated carbocycles. The van der Waals surface area contributed by atoms with Crippen molar-refractivity contribution >= 4 is 22.9 Å². The molecule has 2 rings (SSSR count). The summed E-state index contributed by atoms with van der Waals surface area (Å²) < 4.78 is 5.74. The third kappa shape index (κ3) is 7.91. The van der Waals surface area contributed by atoms with E-state index in [4.69, 9.17) is 14.6 Å². The topological polar surface area (TPSA) is 140 Å². The van der Waals surface area contributed by atoms with E-state index in [9.17, 15) is 19.8 Å². The number of aliphatic hydroxyl groups is 2. The molecule has 1 heterocycles. The number of carbonyl (C=O) groups is 2. The number of fused-ring (bicyclic) bond motifs is 1. The summed E-state index contributed by atoms with van der Waals surface area (Å²) in [7, 11) is 0. The molecular weight excluding hydrogens is 366 g/mol. The van der Waals surface area contributed by atoms with Gasteiger partial charge in [-0.3, -0.25) is 0 Å². The van der Waals surface area contributed by atoms with Crippen LogP contribution in [0.1, 0.15) is 51.2 Å². The van der Waals surface area contributed by atoms with Gasteiger partial charge < -0.3 is 30.2 Å². The van der Waals surface area contributed by atoms with E-state index in [0.29, 0.717) is 30.0 Å². The maximum absolute atomic E-state index is 10.2. The number of hydrogen-bond donors (Lipinski definition) is 5. The SMILES string of the molecule is CC(O)c1cccc2cc([C@H](O)CNC(C)(C)C)oc12.O=C(O)/C=C\C(=O)O. The first kappa shape index (κ1) is 23.4. The number of rotatable bonds is 6. The van der Waals surface area contributed by atoms with Crippen LogP contribution in [0.2, 0.25) is 0 Å². The third-order valence-electron chi connectivity index (χ3n) is 3.57. The van der Waals surface area contributed by atoms with Crippen molar-refractivity contribution in [1.82, 2.24) is 5.32 Å². The van der Waals surface area contributed by atoms with Crippen molar-refractivity contribution in [2.24, 2.45) is 0 Å². The number of benzene rings is 1. The normalized spacial score (nSPS) is 13.8. The summed E-state index contributed by atoms with van der Waals surface area (Å²) in [4.78, 5) is 19.1. The second-order valence-electron chi connectivity index (χ2n) is 7.25. The maximum Gasteiger partial charge on any atom is 0.328 e. The van der Waals surface area contributed by atoms with E-state index in [1.165, 1.54) is 0 Å². The van der Waals surface area contributed by atoms with Gasteiger partial charge in [0.2, 0.25) is 0 Å². The second-order valence-corrected chi connectivity index (χ2v) is 7.25. The second kappa shape index (κ2) is 10.0. The lowest BCUT2D eigenvalue weighted by Crippen LogP contribution is -2.38. The largest absolute Gasteiger partial charge is 0.478 e. The van der Waals surface area contributed by atoms with Crippen LogP contribution in [0.3, 0.4) is 0 Å². The number of hydrogen-bond acceptors (Lipinski definition) is 6. The maximum atomic E-state index is 10.2. The van der Waals surface area contributed by atoms with Crippen LogP contribution in [0.5, 0.6) is 0 Å². The van der Waals surface area contributed by atoms with E-state index in [1.807, 2.05) is 45.0 Å². The molecule has 8 nitrogen and oxygen atoms in total. The Morgan fingerprint density at radius 3 is 2.18 bits per heavy atom. The summed E-state index contributed by atoms with van der Waals surface area (Å²) in [6, 6.07) is 7.46. The van der Waals surface area contributed by atoms with E-state index in [-0.39, 0.29) is 5.54 Å². The van der Waals surface area contributed by atoms with Crippen molar-refractivity contribution < 1.29 is 34.4 Å². The van der Waals surface area contributed by atoms with Crippen LogP contribution in [0.4, 0.5) is 0 Å². The first-order valence-corrected chi connectivity index (χ1v) is 8.68. The van der Waals surface area contributed by atoms with Gasteiger partial charge in [0.05, 0.1) is 6.10 Å². The molecule has 0 spiro atoms. The number of furan rings is 1. The highest BCUT2D eigenvalue weighted by atomic mass is 16.4. The Morgan fingerprint density at radius 2 is 1.71 bits per heavy atom.